The van der Waals surface area contributed by atoms with Gasteiger partial charge < -0.3 is 5.73 Å². The molecule has 2 aromatic heterocycles. The largest absolute Gasteiger partial charge is 0.319 e. The highest BCUT2D eigenvalue weighted by Gasteiger charge is 2.15. The fourth-order valence-corrected chi connectivity index (χ4v) is 3.94. The number of nitrogens with two attached hydrogens (primary N) is 1. The molecular weight excluding hydrogens is 234 g/mol. The Hall–Kier alpha value is -0.640. The van der Waals surface area contributed by atoms with Crippen molar-refractivity contribution in [1.29, 1.82) is 0 Å². The van der Waals surface area contributed by atoms with E-state index in [2.05, 4.69) is 39.0 Å². The molecule has 0 aliphatic rings. The smallest absolute Gasteiger partial charge is 0.0742 e. The van der Waals surface area contributed by atoms with Crippen molar-refractivity contribution in [2.45, 2.75) is 33.2 Å². The van der Waals surface area contributed by atoms with Gasteiger partial charge in [-0.15, -0.1) is 22.7 Å². The van der Waals surface area contributed by atoms with Crippen LogP contribution in [0, 0.1) is 13.8 Å². The van der Waals surface area contributed by atoms with E-state index in [4.69, 9.17) is 5.73 Å². The summed E-state index contributed by atoms with van der Waals surface area (Å²) in [5.74, 6) is 0. The fourth-order valence-electron chi connectivity index (χ4n) is 1.85. The van der Waals surface area contributed by atoms with Crippen molar-refractivity contribution in [3.05, 3.63) is 43.3 Å². The van der Waals surface area contributed by atoms with E-state index in [0.717, 1.165) is 6.42 Å². The molecule has 16 heavy (non-hydrogen) atoms. The van der Waals surface area contributed by atoms with E-state index in [1.807, 2.05) is 22.7 Å². The second kappa shape index (κ2) is 4.70. The van der Waals surface area contributed by atoms with E-state index >= 15 is 0 Å². The molecule has 0 amide bonds. The second-order valence-electron chi connectivity index (χ2n) is 4.04. The molecule has 86 valence electrons. The molecule has 2 heterocycles. The van der Waals surface area contributed by atoms with Gasteiger partial charge in [-0.25, -0.2) is 0 Å². The Labute approximate surface area is 105 Å². The molecule has 0 aliphatic heterocycles. The first-order valence-corrected chi connectivity index (χ1v) is 7.16. The zero-order valence-corrected chi connectivity index (χ0v) is 11.5. The Morgan fingerprint density at radius 2 is 2.00 bits per heavy atom. The lowest BCUT2D eigenvalue weighted by atomic mass is 10.1. The van der Waals surface area contributed by atoms with Crippen LogP contribution in [0.15, 0.2) is 18.2 Å². The highest BCUT2D eigenvalue weighted by atomic mass is 32.1. The lowest BCUT2D eigenvalue weighted by Crippen LogP contribution is -2.09. The molecule has 0 bridgehead atoms. The highest BCUT2D eigenvalue weighted by molar-refractivity contribution is 7.13. The van der Waals surface area contributed by atoms with Crippen molar-refractivity contribution in [1.82, 2.24) is 0 Å². The predicted octanol–water partition coefficient (Wildman–Crippen LogP) is 4.04. The van der Waals surface area contributed by atoms with E-state index in [0.29, 0.717) is 0 Å². The Balaban J connectivity index is 2.31. The SMILES string of the molecule is CCc1ccc(C(N)c2sc(C)cc2C)s1. The maximum absolute atomic E-state index is 6.32. The van der Waals surface area contributed by atoms with Crippen LogP contribution < -0.4 is 5.73 Å². The van der Waals surface area contributed by atoms with Gasteiger partial charge in [-0.1, -0.05) is 6.92 Å². The van der Waals surface area contributed by atoms with Crippen LogP contribution in [0.1, 0.15) is 38.0 Å². The van der Waals surface area contributed by atoms with Gasteiger partial charge in [-0.3, -0.25) is 0 Å². The minimum absolute atomic E-state index is 0.0593. The van der Waals surface area contributed by atoms with E-state index in [1.165, 1.54) is 25.1 Å². The van der Waals surface area contributed by atoms with Gasteiger partial charge in [0.2, 0.25) is 0 Å². The number of thiophene rings is 2. The van der Waals surface area contributed by atoms with Crippen molar-refractivity contribution < 1.29 is 0 Å². The standard InChI is InChI=1S/C13H17NS2/c1-4-10-5-6-11(16-10)12(14)13-8(2)7-9(3)15-13/h5-7,12H,4,14H2,1-3H3. The van der Waals surface area contributed by atoms with E-state index < -0.39 is 0 Å². The van der Waals surface area contributed by atoms with Gasteiger partial charge in [0, 0.05) is 19.5 Å². The van der Waals surface area contributed by atoms with Crippen LogP contribution in [0.4, 0.5) is 0 Å². The number of rotatable bonds is 3. The molecule has 1 nitrogen and oxygen atoms in total. The Morgan fingerprint density at radius 1 is 1.25 bits per heavy atom. The molecule has 0 aliphatic carbocycles. The van der Waals surface area contributed by atoms with Gasteiger partial charge in [0.05, 0.1) is 6.04 Å². The molecule has 0 aromatic carbocycles. The van der Waals surface area contributed by atoms with E-state index in [9.17, 15) is 0 Å². The summed E-state index contributed by atoms with van der Waals surface area (Å²) in [4.78, 5) is 5.34. The predicted molar refractivity (Wildman–Crippen MR) is 73.5 cm³/mol. The third-order valence-corrected chi connectivity index (χ3v) is 5.25. The molecule has 0 radical (unpaired) electrons. The van der Waals surface area contributed by atoms with Gasteiger partial charge >= 0.3 is 0 Å². The van der Waals surface area contributed by atoms with Crippen LogP contribution in [0.25, 0.3) is 0 Å². The van der Waals surface area contributed by atoms with Crippen LogP contribution in [-0.2, 0) is 6.42 Å². The summed E-state index contributed by atoms with van der Waals surface area (Å²) in [6.07, 6.45) is 1.10. The molecule has 1 unspecified atom stereocenters. The molecule has 0 saturated carbocycles. The van der Waals surface area contributed by atoms with Crippen molar-refractivity contribution >= 4 is 22.7 Å². The fraction of sp³-hybridized carbons (Fsp3) is 0.385. The maximum Gasteiger partial charge on any atom is 0.0742 e. The van der Waals surface area contributed by atoms with Crippen LogP contribution in [-0.4, -0.2) is 0 Å². The van der Waals surface area contributed by atoms with Crippen molar-refractivity contribution in [2.75, 3.05) is 0 Å². The molecule has 0 saturated heterocycles. The lowest BCUT2D eigenvalue weighted by molar-refractivity contribution is 0.908. The summed E-state index contributed by atoms with van der Waals surface area (Å²) in [7, 11) is 0. The Morgan fingerprint density at radius 3 is 2.50 bits per heavy atom. The molecule has 2 N–H and O–H groups in total. The monoisotopic (exact) mass is 251 g/mol. The second-order valence-corrected chi connectivity index (χ2v) is 6.53. The number of aryl methyl sites for hydroxylation is 3. The summed E-state index contributed by atoms with van der Waals surface area (Å²) in [5, 5.41) is 0. The third-order valence-electron chi connectivity index (χ3n) is 2.70. The van der Waals surface area contributed by atoms with Gasteiger partial charge in [-0.05, 0) is 44.0 Å². The minimum atomic E-state index is 0.0593. The average molecular weight is 251 g/mol. The molecule has 3 heteroatoms. The first kappa shape index (κ1) is 11.8. The molecule has 0 fully saturated rings. The first-order valence-electron chi connectivity index (χ1n) is 5.53. The van der Waals surface area contributed by atoms with Gasteiger partial charge in [0.15, 0.2) is 0 Å². The van der Waals surface area contributed by atoms with Crippen molar-refractivity contribution in [3.63, 3.8) is 0 Å². The summed E-state index contributed by atoms with van der Waals surface area (Å²) in [6, 6.07) is 6.64. The molecule has 2 aromatic rings. The van der Waals surface area contributed by atoms with Gasteiger partial charge in [-0.2, -0.15) is 0 Å². The van der Waals surface area contributed by atoms with Crippen LogP contribution in [0.3, 0.4) is 0 Å². The molecular formula is C13H17NS2. The quantitative estimate of drug-likeness (QED) is 0.875. The highest BCUT2D eigenvalue weighted by Crippen LogP contribution is 2.33. The molecule has 1 atom stereocenters. The average Bonchev–Trinajstić information content (AvgIpc) is 2.84. The van der Waals surface area contributed by atoms with Crippen molar-refractivity contribution in [2.24, 2.45) is 5.73 Å². The zero-order chi connectivity index (χ0) is 11.7. The molecule has 0 spiro atoms. The Kier molecular flexibility index (Phi) is 3.47. The van der Waals surface area contributed by atoms with Crippen LogP contribution in [0.5, 0.6) is 0 Å². The lowest BCUT2D eigenvalue weighted by Gasteiger charge is -2.08. The molecule has 2 rings (SSSR count). The van der Waals surface area contributed by atoms with Crippen LogP contribution in [0.2, 0.25) is 0 Å². The summed E-state index contributed by atoms with van der Waals surface area (Å²) in [6.45, 7) is 6.47. The topological polar surface area (TPSA) is 26.0 Å². The minimum Gasteiger partial charge on any atom is -0.319 e. The van der Waals surface area contributed by atoms with E-state index in [1.54, 1.807) is 0 Å². The summed E-state index contributed by atoms with van der Waals surface area (Å²) in [5.41, 5.74) is 7.64. The van der Waals surface area contributed by atoms with Gasteiger partial charge in [0.1, 0.15) is 0 Å². The number of hydrogen-bond acceptors (Lipinski definition) is 3. The summed E-state index contributed by atoms with van der Waals surface area (Å²) >= 11 is 3.65. The Bertz CT molecular complexity index is 482. The van der Waals surface area contributed by atoms with Gasteiger partial charge in [0.25, 0.3) is 0 Å². The zero-order valence-electron chi connectivity index (χ0n) is 9.91. The van der Waals surface area contributed by atoms with E-state index in [-0.39, 0.29) is 6.04 Å². The van der Waals surface area contributed by atoms with Crippen molar-refractivity contribution in [3.8, 4) is 0 Å². The number of hydrogen-bond donors (Lipinski definition) is 1. The summed E-state index contributed by atoms with van der Waals surface area (Å²) < 4.78 is 0. The third kappa shape index (κ3) is 2.21. The van der Waals surface area contributed by atoms with Crippen LogP contribution >= 0.6 is 22.7 Å². The maximum atomic E-state index is 6.32. The normalized spacial score (nSPS) is 13.0. The first-order chi connectivity index (χ1) is 7.61.